The van der Waals surface area contributed by atoms with Crippen molar-refractivity contribution in [1.29, 1.82) is 0 Å². The molecule has 2 aromatic heterocycles. The summed E-state index contributed by atoms with van der Waals surface area (Å²) in [7, 11) is 0. The second-order valence-corrected chi connectivity index (χ2v) is 6.73. The number of amides is 1. The molecule has 0 saturated carbocycles. The first-order valence-electron chi connectivity index (χ1n) is 7.75. The number of carbonyl (C=O) groups excluding carboxylic acids is 1. The van der Waals surface area contributed by atoms with E-state index in [1.54, 1.807) is 45.3 Å². The minimum atomic E-state index is -0.654. The van der Waals surface area contributed by atoms with E-state index in [0.717, 1.165) is 5.56 Å². The highest BCUT2D eigenvalue weighted by molar-refractivity contribution is 5.69. The van der Waals surface area contributed by atoms with Crippen LogP contribution in [0.5, 0.6) is 0 Å². The summed E-state index contributed by atoms with van der Waals surface area (Å²) in [6, 6.07) is 3.03. The zero-order valence-electron chi connectivity index (χ0n) is 13.8. The van der Waals surface area contributed by atoms with Crippen molar-refractivity contribution in [2.75, 3.05) is 6.54 Å². The summed E-state index contributed by atoms with van der Waals surface area (Å²) in [5, 5.41) is 13.9. The molecule has 24 heavy (non-hydrogen) atoms. The van der Waals surface area contributed by atoms with Gasteiger partial charge in [0.1, 0.15) is 11.6 Å². The Morgan fingerprint density at radius 3 is 2.75 bits per heavy atom. The number of aromatic nitrogens is 3. The normalized spacial score (nSPS) is 21.1. The van der Waals surface area contributed by atoms with Gasteiger partial charge in [0.25, 0.3) is 0 Å². The molecular formula is C16H20N4O4. The average molecular weight is 332 g/mol. The van der Waals surface area contributed by atoms with Gasteiger partial charge in [0.15, 0.2) is 0 Å². The number of β-amino-alcohol motifs (C(OH)–C–C–N with tert-alkyl or cyclic N) is 1. The highest BCUT2D eigenvalue weighted by Crippen LogP contribution is 2.33. The molecule has 1 aliphatic heterocycles. The number of rotatable bonds is 2. The second kappa shape index (κ2) is 6.20. The van der Waals surface area contributed by atoms with Crippen LogP contribution in [0.25, 0.3) is 11.4 Å². The molecular weight excluding hydrogens is 312 g/mol. The van der Waals surface area contributed by atoms with E-state index in [1.807, 2.05) is 0 Å². The van der Waals surface area contributed by atoms with E-state index < -0.39 is 23.8 Å². The number of ether oxygens (including phenoxy) is 1. The third-order valence-electron chi connectivity index (χ3n) is 3.57. The molecule has 8 nitrogen and oxygen atoms in total. The van der Waals surface area contributed by atoms with Crippen LogP contribution in [0.1, 0.15) is 39.1 Å². The third kappa shape index (κ3) is 3.53. The predicted octanol–water partition coefficient (Wildman–Crippen LogP) is 2.17. The van der Waals surface area contributed by atoms with Crippen LogP contribution in [-0.2, 0) is 4.74 Å². The summed E-state index contributed by atoms with van der Waals surface area (Å²) in [5.74, 6) is 0.696. The smallest absolute Gasteiger partial charge is 0.411 e. The minimum absolute atomic E-state index is 0.173. The van der Waals surface area contributed by atoms with Gasteiger partial charge in [-0.2, -0.15) is 4.98 Å². The Labute approximate surface area is 139 Å². The number of pyridine rings is 1. The van der Waals surface area contributed by atoms with Crippen molar-refractivity contribution in [1.82, 2.24) is 20.0 Å². The van der Waals surface area contributed by atoms with Gasteiger partial charge < -0.3 is 14.4 Å². The largest absolute Gasteiger partial charge is 0.444 e. The summed E-state index contributed by atoms with van der Waals surface area (Å²) in [5.41, 5.74) is 0.147. The molecule has 0 bridgehead atoms. The molecule has 8 heteroatoms. The van der Waals surface area contributed by atoms with Crippen LogP contribution in [0.15, 0.2) is 29.0 Å². The molecule has 0 unspecified atom stereocenters. The number of aliphatic hydroxyl groups excluding tert-OH is 1. The van der Waals surface area contributed by atoms with Gasteiger partial charge in [-0.25, -0.2) is 4.79 Å². The Kier molecular flexibility index (Phi) is 4.23. The van der Waals surface area contributed by atoms with Crippen molar-refractivity contribution in [2.24, 2.45) is 0 Å². The number of hydrogen-bond donors (Lipinski definition) is 1. The second-order valence-electron chi connectivity index (χ2n) is 6.73. The molecule has 1 saturated heterocycles. The van der Waals surface area contributed by atoms with Crippen molar-refractivity contribution < 1.29 is 19.2 Å². The van der Waals surface area contributed by atoms with Crippen molar-refractivity contribution in [3.8, 4) is 11.4 Å². The van der Waals surface area contributed by atoms with Crippen LogP contribution in [-0.4, -0.2) is 49.5 Å². The van der Waals surface area contributed by atoms with E-state index in [2.05, 4.69) is 15.1 Å². The first-order valence-corrected chi connectivity index (χ1v) is 7.75. The summed E-state index contributed by atoms with van der Waals surface area (Å²) < 4.78 is 10.7. The van der Waals surface area contributed by atoms with Gasteiger partial charge in [0.05, 0.1) is 12.6 Å². The van der Waals surface area contributed by atoms with Gasteiger partial charge in [-0.05, 0) is 32.9 Å². The Balaban J connectivity index is 1.82. The van der Waals surface area contributed by atoms with E-state index in [0.29, 0.717) is 12.2 Å². The van der Waals surface area contributed by atoms with Gasteiger partial charge >= 0.3 is 6.09 Å². The van der Waals surface area contributed by atoms with Crippen LogP contribution in [0.4, 0.5) is 4.79 Å². The van der Waals surface area contributed by atoms with Gasteiger partial charge in [-0.1, -0.05) is 5.16 Å². The lowest BCUT2D eigenvalue weighted by Gasteiger charge is -2.26. The fraction of sp³-hybridized carbons (Fsp3) is 0.500. The van der Waals surface area contributed by atoms with Crippen LogP contribution >= 0.6 is 0 Å². The Morgan fingerprint density at radius 1 is 1.38 bits per heavy atom. The fourth-order valence-electron chi connectivity index (χ4n) is 2.56. The number of carbonyl (C=O) groups is 1. The summed E-state index contributed by atoms with van der Waals surface area (Å²) in [6.07, 6.45) is 2.44. The number of nitrogens with zero attached hydrogens (tertiary/aromatic N) is 4. The maximum atomic E-state index is 12.4. The number of hydrogen-bond acceptors (Lipinski definition) is 7. The molecule has 1 aliphatic rings. The Bertz CT molecular complexity index is 710. The lowest BCUT2D eigenvalue weighted by Crippen LogP contribution is -2.37. The first-order chi connectivity index (χ1) is 11.3. The average Bonchev–Trinajstić information content (AvgIpc) is 3.12. The van der Waals surface area contributed by atoms with Gasteiger partial charge in [-0.15, -0.1) is 0 Å². The minimum Gasteiger partial charge on any atom is -0.444 e. The SMILES string of the molecule is CC(C)(C)OC(=O)N1C[C@@H](O)C[C@H]1c1nc(-c2ccncc2)no1. The van der Waals surface area contributed by atoms with Gasteiger partial charge in [-0.3, -0.25) is 9.88 Å². The van der Waals surface area contributed by atoms with E-state index in [1.165, 1.54) is 4.90 Å². The van der Waals surface area contributed by atoms with Crippen molar-refractivity contribution >= 4 is 6.09 Å². The topological polar surface area (TPSA) is 102 Å². The molecule has 1 N–H and O–H groups in total. The summed E-state index contributed by atoms with van der Waals surface area (Å²) in [6.45, 7) is 5.55. The molecule has 0 radical (unpaired) electrons. The lowest BCUT2D eigenvalue weighted by atomic mass is 10.2. The molecule has 2 atom stereocenters. The monoisotopic (exact) mass is 332 g/mol. The molecule has 0 aromatic carbocycles. The summed E-state index contributed by atoms with van der Waals surface area (Å²) >= 11 is 0. The van der Waals surface area contributed by atoms with E-state index >= 15 is 0 Å². The Morgan fingerprint density at radius 2 is 2.08 bits per heavy atom. The predicted molar refractivity (Wildman–Crippen MR) is 83.8 cm³/mol. The van der Waals surface area contributed by atoms with Gasteiger partial charge in [0.2, 0.25) is 11.7 Å². The lowest BCUT2D eigenvalue weighted by molar-refractivity contribution is 0.0184. The zero-order chi connectivity index (χ0) is 17.3. The Hall–Kier alpha value is -2.48. The van der Waals surface area contributed by atoms with Crippen molar-refractivity contribution in [2.45, 2.75) is 44.9 Å². The summed E-state index contributed by atoms with van der Waals surface area (Å²) in [4.78, 5) is 22.1. The van der Waals surface area contributed by atoms with Crippen LogP contribution in [0.2, 0.25) is 0 Å². The highest BCUT2D eigenvalue weighted by Gasteiger charge is 2.40. The maximum absolute atomic E-state index is 12.4. The molecule has 3 heterocycles. The van der Waals surface area contributed by atoms with E-state index in [-0.39, 0.29) is 12.4 Å². The fourth-order valence-corrected chi connectivity index (χ4v) is 2.56. The van der Waals surface area contributed by atoms with Gasteiger partial charge in [0, 0.05) is 24.4 Å². The highest BCUT2D eigenvalue weighted by atomic mass is 16.6. The number of likely N-dealkylation sites (tertiary alicyclic amines) is 1. The molecule has 1 fully saturated rings. The quantitative estimate of drug-likeness (QED) is 0.899. The number of aliphatic hydroxyl groups is 1. The first kappa shape index (κ1) is 16.4. The van der Waals surface area contributed by atoms with E-state index in [9.17, 15) is 9.90 Å². The van der Waals surface area contributed by atoms with E-state index in [4.69, 9.17) is 9.26 Å². The van der Waals surface area contributed by atoms with Crippen LogP contribution in [0, 0.1) is 0 Å². The molecule has 0 spiro atoms. The zero-order valence-corrected chi connectivity index (χ0v) is 13.8. The third-order valence-corrected chi connectivity index (χ3v) is 3.57. The molecule has 3 rings (SSSR count). The molecule has 1 amide bonds. The van der Waals surface area contributed by atoms with Crippen molar-refractivity contribution in [3.05, 3.63) is 30.4 Å². The standard InChI is InChI=1S/C16H20N4O4/c1-16(2,3)23-15(22)20-9-11(21)8-12(20)14-18-13(19-24-14)10-4-6-17-7-5-10/h4-7,11-12,21H,8-9H2,1-3H3/t11-,12-/m0/s1. The van der Waals surface area contributed by atoms with Crippen LogP contribution in [0.3, 0.4) is 0 Å². The molecule has 128 valence electrons. The molecule has 2 aromatic rings. The van der Waals surface area contributed by atoms with Crippen LogP contribution < -0.4 is 0 Å². The van der Waals surface area contributed by atoms with Crippen molar-refractivity contribution in [3.63, 3.8) is 0 Å². The molecule has 0 aliphatic carbocycles. The maximum Gasteiger partial charge on any atom is 0.411 e.